The number of aliphatic hydroxyl groups excluding tert-OH is 1. The van der Waals surface area contributed by atoms with E-state index in [1.54, 1.807) is 6.07 Å². The zero-order chi connectivity index (χ0) is 11.1. The maximum atomic E-state index is 8.83. The van der Waals surface area contributed by atoms with Gasteiger partial charge in [0.15, 0.2) is 5.38 Å². The lowest BCUT2D eigenvalue weighted by atomic mass is 10.1. The molecule has 0 aliphatic heterocycles. The third kappa shape index (κ3) is 3.78. The molecule has 15 heavy (non-hydrogen) atoms. The number of benzene rings is 1. The van der Waals surface area contributed by atoms with Crippen molar-refractivity contribution >= 4 is 11.6 Å². The van der Waals surface area contributed by atoms with Gasteiger partial charge in [-0.05, 0) is 18.1 Å². The Morgan fingerprint density at radius 3 is 2.87 bits per heavy atom. The van der Waals surface area contributed by atoms with Crippen LogP contribution in [0.5, 0.6) is 5.75 Å². The van der Waals surface area contributed by atoms with Crippen LogP contribution < -0.4 is 4.74 Å². The first kappa shape index (κ1) is 11.8. The Hall–Kier alpha value is -1.24. The zero-order valence-corrected chi connectivity index (χ0v) is 8.94. The highest BCUT2D eigenvalue weighted by atomic mass is 35.5. The summed E-state index contributed by atoms with van der Waals surface area (Å²) in [5.74, 6) is 0.674. The van der Waals surface area contributed by atoms with Gasteiger partial charge in [0.1, 0.15) is 12.4 Å². The Morgan fingerprint density at radius 1 is 1.47 bits per heavy atom. The highest BCUT2D eigenvalue weighted by Crippen LogP contribution is 2.18. The quantitative estimate of drug-likeness (QED) is 0.777. The average molecular weight is 226 g/mol. The van der Waals surface area contributed by atoms with Crippen LogP contribution in [0.25, 0.3) is 0 Å². The predicted molar refractivity (Wildman–Crippen MR) is 58.0 cm³/mol. The van der Waals surface area contributed by atoms with Gasteiger partial charge in [0, 0.05) is 6.61 Å². The highest BCUT2D eigenvalue weighted by Gasteiger charge is 2.06. The Balaban J connectivity index is 2.63. The molecule has 1 aromatic rings. The summed E-state index contributed by atoms with van der Waals surface area (Å²) >= 11 is 5.61. The summed E-state index contributed by atoms with van der Waals surface area (Å²) in [6.07, 6.45) is 0.537. The zero-order valence-electron chi connectivity index (χ0n) is 8.19. The van der Waals surface area contributed by atoms with Crippen LogP contribution in [0.15, 0.2) is 24.3 Å². The first-order valence-electron chi connectivity index (χ1n) is 4.63. The molecule has 0 bridgehead atoms. The first-order valence-corrected chi connectivity index (χ1v) is 5.07. The van der Waals surface area contributed by atoms with Crippen LogP contribution in [0.1, 0.15) is 5.56 Å². The summed E-state index contributed by atoms with van der Waals surface area (Å²) in [7, 11) is 0. The molecule has 0 amide bonds. The molecule has 0 saturated heterocycles. The van der Waals surface area contributed by atoms with E-state index >= 15 is 0 Å². The van der Waals surface area contributed by atoms with Gasteiger partial charge < -0.3 is 9.84 Å². The molecule has 0 fully saturated rings. The number of halogens is 1. The molecule has 0 saturated carbocycles. The first-order chi connectivity index (χ1) is 7.27. The van der Waals surface area contributed by atoms with Crippen LogP contribution in [-0.4, -0.2) is 23.7 Å². The van der Waals surface area contributed by atoms with E-state index in [9.17, 15) is 0 Å². The number of alkyl halides is 1. The normalized spacial score (nSPS) is 11.8. The van der Waals surface area contributed by atoms with E-state index < -0.39 is 5.38 Å². The van der Waals surface area contributed by atoms with Gasteiger partial charge in [-0.1, -0.05) is 18.2 Å². The van der Waals surface area contributed by atoms with Gasteiger partial charge in [0.2, 0.25) is 0 Å². The van der Waals surface area contributed by atoms with Crippen molar-refractivity contribution < 1.29 is 9.84 Å². The molecule has 1 rings (SSSR count). The van der Waals surface area contributed by atoms with Crippen molar-refractivity contribution in [2.45, 2.75) is 11.8 Å². The van der Waals surface area contributed by atoms with Crippen molar-refractivity contribution in [2.24, 2.45) is 0 Å². The third-order valence-electron chi connectivity index (χ3n) is 1.88. The number of hydrogen-bond donors (Lipinski definition) is 1. The standard InChI is InChI=1S/C11H12ClNO2/c12-10(7-13)8-15-11-4-2-1-3-9(11)5-6-14/h1-4,10,14H,5-6,8H2. The molecule has 3 nitrogen and oxygen atoms in total. The molecule has 0 heterocycles. The lowest BCUT2D eigenvalue weighted by molar-refractivity contribution is 0.291. The van der Waals surface area contributed by atoms with Gasteiger partial charge in [-0.3, -0.25) is 0 Å². The lowest BCUT2D eigenvalue weighted by Gasteiger charge is -2.10. The van der Waals surface area contributed by atoms with Crippen LogP contribution >= 0.6 is 11.6 Å². The SMILES string of the molecule is N#CC(Cl)COc1ccccc1CCO. The predicted octanol–water partition coefficient (Wildman–Crippen LogP) is 1.73. The van der Waals surface area contributed by atoms with Crippen molar-refractivity contribution in [3.05, 3.63) is 29.8 Å². The van der Waals surface area contributed by atoms with Crippen LogP contribution in [0.4, 0.5) is 0 Å². The Bertz CT molecular complexity index is 349. The maximum absolute atomic E-state index is 8.83. The fourth-order valence-electron chi connectivity index (χ4n) is 1.17. The van der Waals surface area contributed by atoms with E-state index in [1.165, 1.54) is 0 Å². The van der Waals surface area contributed by atoms with Crippen LogP contribution in [-0.2, 0) is 6.42 Å². The number of ether oxygens (including phenoxy) is 1. The van der Waals surface area contributed by atoms with Gasteiger partial charge in [-0.2, -0.15) is 5.26 Å². The lowest BCUT2D eigenvalue weighted by Crippen LogP contribution is -2.10. The smallest absolute Gasteiger partial charge is 0.154 e. The molecule has 1 unspecified atom stereocenters. The number of nitriles is 1. The fraction of sp³-hybridized carbons (Fsp3) is 0.364. The summed E-state index contributed by atoms with van der Waals surface area (Å²) in [6, 6.07) is 9.27. The Labute approximate surface area is 93.9 Å². The maximum Gasteiger partial charge on any atom is 0.154 e. The largest absolute Gasteiger partial charge is 0.491 e. The molecule has 0 radical (unpaired) electrons. The molecule has 0 aliphatic carbocycles. The van der Waals surface area contributed by atoms with Crippen molar-refractivity contribution in [3.8, 4) is 11.8 Å². The molecule has 0 aliphatic rings. The summed E-state index contributed by atoms with van der Waals surface area (Å²) in [5, 5.41) is 16.7. The Kier molecular flexibility index (Phi) is 4.96. The molecule has 4 heteroatoms. The fourth-order valence-corrected chi connectivity index (χ4v) is 1.23. The summed E-state index contributed by atoms with van der Waals surface area (Å²) in [6.45, 7) is 0.226. The molecule has 1 N–H and O–H groups in total. The molecule has 1 aromatic carbocycles. The summed E-state index contributed by atoms with van der Waals surface area (Å²) in [4.78, 5) is 0. The number of para-hydroxylation sites is 1. The topological polar surface area (TPSA) is 53.2 Å². The van der Waals surface area contributed by atoms with E-state index in [4.69, 9.17) is 26.7 Å². The molecule has 80 valence electrons. The van der Waals surface area contributed by atoms with E-state index in [1.807, 2.05) is 24.3 Å². The minimum atomic E-state index is -0.646. The van der Waals surface area contributed by atoms with Gasteiger partial charge >= 0.3 is 0 Å². The van der Waals surface area contributed by atoms with Gasteiger partial charge in [-0.15, -0.1) is 11.6 Å². The van der Waals surface area contributed by atoms with Crippen molar-refractivity contribution in [2.75, 3.05) is 13.2 Å². The van der Waals surface area contributed by atoms with Crippen molar-refractivity contribution in [3.63, 3.8) is 0 Å². The molecular weight excluding hydrogens is 214 g/mol. The second-order valence-corrected chi connectivity index (χ2v) is 3.52. The van der Waals surface area contributed by atoms with Crippen LogP contribution in [0.2, 0.25) is 0 Å². The minimum Gasteiger partial charge on any atom is -0.491 e. The number of nitrogens with zero attached hydrogens (tertiary/aromatic N) is 1. The molecule has 0 aromatic heterocycles. The second kappa shape index (κ2) is 6.28. The van der Waals surface area contributed by atoms with E-state index in [2.05, 4.69) is 0 Å². The molecule has 1 atom stereocenters. The average Bonchev–Trinajstić information content (AvgIpc) is 2.28. The van der Waals surface area contributed by atoms with Crippen LogP contribution in [0.3, 0.4) is 0 Å². The second-order valence-electron chi connectivity index (χ2n) is 2.99. The number of hydrogen-bond acceptors (Lipinski definition) is 3. The van der Waals surface area contributed by atoms with Crippen LogP contribution in [0, 0.1) is 11.3 Å². The summed E-state index contributed by atoms with van der Waals surface area (Å²) < 4.78 is 5.38. The Morgan fingerprint density at radius 2 is 2.20 bits per heavy atom. The summed E-state index contributed by atoms with van der Waals surface area (Å²) in [5.41, 5.74) is 0.918. The van der Waals surface area contributed by atoms with Gasteiger partial charge in [0.25, 0.3) is 0 Å². The van der Waals surface area contributed by atoms with Crippen molar-refractivity contribution in [1.29, 1.82) is 5.26 Å². The molecular formula is C11H12ClNO2. The van der Waals surface area contributed by atoms with Crippen molar-refractivity contribution in [1.82, 2.24) is 0 Å². The van der Waals surface area contributed by atoms with E-state index in [0.717, 1.165) is 5.56 Å². The van der Waals surface area contributed by atoms with Gasteiger partial charge in [0.05, 0.1) is 6.07 Å². The minimum absolute atomic E-state index is 0.0723. The monoisotopic (exact) mass is 225 g/mol. The number of aliphatic hydroxyl groups is 1. The van der Waals surface area contributed by atoms with Gasteiger partial charge in [-0.25, -0.2) is 0 Å². The number of rotatable bonds is 5. The highest BCUT2D eigenvalue weighted by molar-refractivity contribution is 6.22. The van der Waals surface area contributed by atoms with E-state index in [0.29, 0.717) is 12.2 Å². The van der Waals surface area contributed by atoms with E-state index in [-0.39, 0.29) is 13.2 Å². The molecule has 0 spiro atoms. The third-order valence-corrected chi connectivity index (χ3v) is 2.10.